The van der Waals surface area contributed by atoms with Gasteiger partial charge in [0.1, 0.15) is 5.70 Å². The van der Waals surface area contributed by atoms with Crippen molar-refractivity contribution in [1.82, 2.24) is 15.3 Å². The fourth-order valence-electron chi connectivity index (χ4n) is 0.842. The maximum Gasteiger partial charge on any atom is 0.352 e. The summed E-state index contributed by atoms with van der Waals surface area (Å²) in [6.45, 7) is 1.24. The van der Waals surface area contributed by atoms with Crippen molar-refractivity contribution in [2.45, 2.75) is 6.92 Å². The first-order valence-electron chi connectivity index (χ1n) is 3.80. The number of imidazole rings is 1. The number of carboxylic acids is 1. The zero-order chi connectivity index (χ0) is 10.6. The summed E-state index contributed by atoms with van der Waals surface area (Å²) in [5, 5.41) is 10.9. The van der Waals surface area contributed by atoms with Gasteiger partial charge in [0, 0.05) is 6.92 Å². The molecule has 0 aliphatic rings. The van der Waals surface area contributed by atoms with Crippen LogP contribution in [0.2, 0.25) is 0 Å². The summed E-state index contributed by atoms with van der Waals surface area (Å²) in [7, 11) is 0. The molecule has 0 aliphatic heterocycles. The van der Waals surface area contributed by atoms with Crippen LogP contribution in [-0.2, 0) is 9.59 Å². The van der Waals surface area contributed by atoms with Gasteiger partial charge in [-0.1, -0.05) is 0 Å². The van der Waals surface area contributed by atoms with Crippen LogP contribution in [0.1, 0.15) is 12.6 Å². The van der Waals surface area contributed by atoms with E-state index in [0.717, 1.165) is 0 Å². The van der Waals surface area contributed by atoms with Gasteiger partial charge in [0.15, 0.2) is 0 Å². The van der Waals surface area contributed by atoms with E-state index in [0.29, 0.717) is 5.69 Å². The number of aromatic nitrogens is 2. The van der Waals surface area contributed by atoms with E-state index in [9.17, 15) is 9.59 Å². The molecule has 1 amide bonds. The Morgan fingerprint density at radius 3 is 2.79 bits per heavy atom. The van der Waals surface area contributed by atoms with Gasteiger partial charge >= 0.3 is 5.97 Å². The zero-order valence-electron chi connectivity index (χ0n) is 7.44. The number of aliphatic carboxylic acids is 1. The van der Waals surface area contributed by atoms with Crippen LogP contribution in [0.25, 0.3) is 6.08 Å². The molecule has 6 heteroatoms. The number of carboxylic acid groups (broad SMARTS) is 1. The van der Waals surface area contributed by atoms with Gasteiger partial charge in [-0.05, 0) is 6.08 Å². The van der Waals surface area contributed by atoms with Gasteiger partial charge in [-0.2, -0.15) is 0 Å². The van der Waals surface area contributed by atoms with Crippen molar-refractivity contribution in [3.8, 4) is 0 Å². The SMILES string of the molecule is CC(=O)NC(=Cc1cnc[nH]1)C(=O)O. The first kappa shape index (κ1) is 9.97. The molecule has 6 nitrogen and oxygen atoms in total. The van der Waals surface area contributed by atoms with Crippen molar-refractivity contribution in [3.05, 3.63) is 23.9 Å². The third-order valence-electron chi connectivity index (χ3n) is 1.36. The third-order valence-corrected chi connectivity index (χ3v) is 1.36. The summed E-state index contributed by atoms with van der Waals surface area (Å²) in [6.07, 6.45) is 4.15. The molecule has 0 aromatic carbocycles. The summed E-state index contributed by atoms with van der Waals surface area (Å²) in [5.74, 6) is -1.63. The topological polar surface area (TPSA) is 95.1 Å². The van der Waals surface area contributed by atoms with Crippen molar-refractivity contribution in [3.63, 3.8) is 0 Å². The second kappa shape index (κ2) is 4.22. The van der Waals surface area contributed by atoms with E-state index < -0.39 is 11.9 Å². The average Bonchev–Trinajstić information content (AvgIpc) is 2.54. The minimum atomic E-state index is -1.20. The van der Waals surface area contributed by atoms with Crippen molar-refractivity contribution in [2.75, 3.05) is 0 Å². The summed E-state index contributed by atoms with van der Waals surface area (Å²) >= 11 is 0. The largest absolute Gasteiger partial charge is 0.477 e. The number of carbonyl (C=O) groups is 2. The van der Waals surface area contributed by atoms with Gasteiger partial charge in [-0.15, -0.1) is 0 Å². The molecule has 0 aliphatic carbocycles. The summed E-state index contributed by atoms with van der Waals surface area (Å²) in [5.41, 5.74) is 0.318. The van der Waals surface area contributed by atoms with Gasteiger partial charge in [0.2, 0.25) is 5.91 Å². The molecule has 0 saturated heterocycles. The lowest BCUT2D eigenvalue weighted by atomic mass is 10.3. The predicted molar refractivity (Wildman–Crippen MR) is 48.0 cm³/mol. The Kier molecular flexibility index (Phi) is 3.01. The standard InChI is InChI=1S/C8H9N3O3/c1-5(12)11-7(8(13)14)2-6-3-9-4-10-6/h2-4H,1H3,(H,9,10)(H,11,12)(H,13,14). The lowest BCUT2D eigenvalue weighted by Crippen LogP contribution is -2.24. The van der Waals surface area contributed by atoms with Gasteiger partial charge in [0.25, 0.3) is 0 Å². The maximum atomic E-state index is 10.6. The van der Waals surface area contributed by atoms with Crippen molar-refractivity contribution in [2.24, 2.45) is 0 Å². The minimum absolute atomic E-state index is 0.193. The van der Waals surface area contributed by atoms with Crippen LogP contribution < -0.4 is 5.32 Å². The Bertz CT molecular complexity index is 367. The molecule has 74 valence electrons. The molecular weight excluding hydrogens is 186 g/mol. The van der Waals surface area contributed by atoms with Gasteiger partial charge < -0.3 is 15.4 Å². The van der Waals surface area contributed by atoms with Gasteiger partial charge in [0.05, 0.1) is 18.2 Å². The summed E-state index contributed by atoms with van der Waals surface area (Å²) in [6, 6.07) is 0. The lowest BCUT2D eigenvalue weighted by molar-refractivity contribution is -0.134. The lowest BCUT2D eigenvalue weighted by Gasteiger charge is -2.00. The number of hydrogen-bond acceptors (Lipinski definition) is 3. The zero-order valence-corrected chi connectivity index (χ0v) is 7.44. The second-order valence-corrected chi connectivity index (χ2v) is 2.55. The fraction of sp³-hybridized carbons (Fsp3) is 0.125. The number of amides is 1. The Balaban J connectivity index is 2.88. The summed E-state index contributed by atoms with van der Waals surface area (Å²) in [4.78, 5) is 27.7. The van der Waals surface area contributed by atoms with E-state index in [4.69, 9.17) is 5.11 Å². The van der Waals surface area contributed by atoms with Crippen LogP contribution in [0, 0.1) is 0 Å². The van der Waals surface area contributed by atoms with Crippen LogP contribution in [0.15, 0.2) is 18.2 Å². The minimum Gasteiger partial charge on any atom is -0.477 e. The fourth-order valence-corrected chi connectivity index (χ4v) is 0.842. The highest BCUT2D eigenvalue weighted by molar-refractivity contribution is 5.96. The van der Waals surface area contributed by atoms with Crippen molar-refractivity contribution >= 4 is 18.0 Å². The number of aromatic amines is 1. The molecule has 14 heavy (non-hydrogen) atoms. The van der Waals surface area contributed by atoms with E-state index in [1.165, 1.54) is 25.5 Å². The smallest absolute Gasteiger partial charge is 0.352 e. The Hall–Kier alpha value is -2.11. The van der Waals surface area contributed by atoms with E-state index >= 15 is 0 Å². The van der Waals surface area contributed by atoms with E-state index in [1.54, 1.807) is 0 Å². The van der Waals surface area contributed by atoms with E-state index in [2.05, 4.69) is 15.3 Å². The van der Waals surface area contributed by atoms with Gasteiger partial charge in [-0.3, -0.25) is 4.79 Å². The molecule has 0 spiro atoms. The Morgan fingerprint density at radius 2 is 2.36 bits per heavy atom. The molecule has 1 aromatic rings. The average molecular weight is 195 g/mol. The summed E-state index contributed by atoms with van der Waals surface area (Å²) < 4.78 is 0. The van der Waals surface area contributed by atoms with Crippen molar-refractivity contribution in [1.29, 1.82) is 0 Å². The highest BCUT2D eigenvalue weighted by Crippen LogP contribution is 2.00. The first-order valence-corrected chi connectivity index (χ1v) is 3.80. The molecule has 0 unspecified atom stereocenters. The molecule has 0 atom stereocenters. The highest BCUT2D eigenvalue weighted by Gasteiger charge is 2.08. The monoisotopic (exact) mass is 195 g/mol. The van der Waals surface area contributed by atoms with Gasteiger partial charge in [-0.25, -0.2) is 9.78 Å². The molecule has 1 rings (SSSR count). The van der Waals surface area contributed by atoms with Crippen LogP contribution in [0.5, 0.6) is 0 Å². The normalized spacial score (nSPS) is 11.1. The quantitative estimate of drug-likeness (QED) is 0.590. The molecule has 0 radical (unpaired) electrons. The van der Waals surface area contributed by atoms with Crippen molar-refractivity contribution < 1.29 is 14.7 Å². The van der Waals surface area contributed by atoms with Crippen LogP contribution >= 0.6 is 0 Å². The van der Waals surface area contributed by atoms with E-state index in [1.807, 2.05) is 0 Å². The maximum absolute atomic E-state index is 10.6. The number of nitrogens with one attached hydrogen (secondary N) is 2. The van der Waals surface area contributed by atoms with Crippen LogP contribution in [-0.4, -0.2) is 27.0 Å². The number of nitrogens with zero attached hydrogens (tertiary/aromatic N) is 1. The predicted octanol–water partition coefficient (Wildman–Crippen LogP) is -0.0287. The molecule has 0 saturated carbocycles. The number of carbonyl (C=O) groups excluding carboxylic acids is 1. The number of H-pyrrole nitrogens is 1. The highest BCUT2D eigenvalue weighted by atomic mass is 16.4. The van der Waals surface area contributed by atoms with E-state index in [-0.39, 0.29) is 5.70 Å². The second-order valence-electron chi connectivity index (χ2n) is 2.55. The Morgan fingerprint density at radius 1 is 1.64 bits per heavy atom. The molecular formula is C8H9N3O3. The molecule has 0 fully saturated rings. The van der Waals surface area contributed by atoms with Crippen LogP contribution in [0.3, 0.4) is 0 Å². The molecule has 1 aromatic heterocycles. The molecule has 1 heterocycles. The number of rotatable bonds is 3. The first-order chi connectivity index (χ1) is 6.59. The van der Waals surface area contributed by atoms with Crippen LogP contribution in [0.4, 0.5) is 0 Å². The molecule has 0 bridgehead atoms. The molecule has 3 N–H and O–H groups in total. The number of hydrogen-bond donors (Lipinski definition) is 3. The third kappa shape index (κ3) is 2.74. The Labute approximate surface area is 79.7 Å².